The molecule has 38 heavy (non-hydrogen) atoms. The fraction of sp³-hybridized carbons (Fsp3) is 0.444. The Hall–Kier alpha value is -3.66. The maximum absolute atomic E-state index is 13.2. The summed E-state index contributed by atoms with van der Waals surface area (Å²) in [5.41, 5.74) is 0.916. The summed E-state index contributed by atoms with van der Waals surface area (Å²) >= 11 is 6.15. The van der Waals surface area contributed by atoms with Crippen molar-refractivity contribution in [1.29, 1.82) is 0 Å². The summed E-state index contributed by atoms with van der Waals surface area (Å²) in [6.45, 7) is 1.07. The third-order valence-electron chi connectivity index (χ3n) is 6.06. The van der Waals surface area contributed by atoms with E-state index in [4.69, 9.17) is 30.5 Å². The lowest BCUT2D eigenvalue weighted by atomic mass is 10.1. The van der Waals surface area contributed by atoms with Gasteiger partial charge in [-0.05, 0) is 61.6 Å². The van der Waals surface area contributed by atoms with Crippen molar-refractivity contribution in [2.24, 2.45) is 0 Å². The van der Waals surface area contributed by atoms with Crippen LogP contribution in [0.3, 0.4) is 0 Å². The smallest absolute Gasteiger partial charge is 0.255 e. The molecule has 0 bridgehead atoms. The van der Waals surface area contributed by atoms with Gasteiger partial charge in [-0.25, -0.2) is 0 Å². The summed E-state index contributed by atoms with van der Waals surface area (Å²) < 4.78 is 21.9. The molecule has 0 aromatic heterocycles. The normalized spacial score (nSPS) is 16.9. The van der Waals surface area contributed by atoms with Crippen LogP contribution in [0.1, 0.15) is 48.0 Å². The molecule has 0 radical (unpaired) electrons. The summed E-state index contributed by atoms with van der Waals surface area (Å²) in [5.74, 6) is 0.555. The molecule has 1 aliphatic heterocycles. The molecule has 11 heteroatoms. The van der Waals surface area contributed by atoms with E-state index in [-0.39, 0.29) is 30.9 Å². The minimum atomic E-state index is -0.979. The van der Waals surface area contributed by atoms with Gasteiger partial charge in [0.1, 0.15) is 11.8 Å². The summed E-state index contributed by atoms with van der Waals surface area (Å²) in [5, 5.41) is 8.80. The van der Waals surface area contributed by atoms with Crippen LogP contribution >= 0.6 is 11.6 Å². The second-order valence-electron chi connectivity index (χ2n) is 8.72. The highest BCUT2D eigenvalue weighted by Crippen LogP contribution is 2.38. The lowest BCUT2D eigenvalue weighted by Crippen LogP contribution is -2.47. The third kappa shape index (κ3) is 7.92. The predicted molar refractivity (Wildman–Crippen MR) is 142 cm³/mol. The van der Waals surface area contributed by atoms with Crippen LogP contribution in [0.2, 0.25) is 5.02 Å². The number of hydrogen-bond acceptors (Lipinski definition) is 7. The molecule has 0 fully saturated rings. The van der Waals surface area contributed by atoms with Gasteiger partial charge in [0, 0.05) is 24.5 Å². The minimum absolute atomic E-state index is 0.0709. The van der Waals surface area contributed by atoms with Crippen molar-refractivity contribution in [2.45, 2.75) is 44.7 Å². The Kier molecular flexibility index (Phi) is 10.9. The first-order valence-corrected chi connectivity index (χ1v) is 12.8. The van der Waals surface area contributed by atoms with Crippen molar-refractivity contribution >= 4 is 29.3 Å². The summed E-state index contributed by atoms with van der Waals surface area (Å²) in [6.07, 6.45) is 2.61. The molecule has 1 atom stereocenters. The van der Waals surface area contributed by atoms with Gasteiger partial charge in [0.2, 0.25) is 17.6 Å². The van der Waals surface area contributed by atoms with Crippen molar-refractivity contribution in [3.8, 4) is 23.0 Å². The Labute approximate surface area is 227 Å². The Morgan fingerprint density at radius 1 is 1.05 bits per heavy atom. The van der Waals surface area contributed by atoms with Gasteiger partial charge in [-0.2, -0.15) is 0 Å². The van der Waals surface area contributed by atoms with E-state index in [1.165, 1.54) is 27.4 Å². The molecule has 206 valence electrons. The van der Waals surface area contributed by atoms with Gasteiger partial charge in [-0.15, -0.1) is 0 Å². The van der Waals surface area contributed by atoms with Crippen LogP contribution in [-0.4, -0.2) is 58.2 Å². The Bertz CT molecular complexity index is 1120. The Morgan fingerprint density at radius 3 is 2.47 bits per heavy atom. The Morgan fingerprint density at radius 2 is 1.79 bits per heavy atom. The number of ether oxygens (including phenoxy) is 4. The van der Waals surface area contributed by atoms with Crippen LogP contribution in [-0.2, 0) is 16.1 Å². The number of amides is 3. The van der Waals surface area contributed by atoms with Crippen molar-refractivity contribution < 1.29 is 33.3 Å². The number of fused-ring (bicyclic) bond motifs is 1. The largest absolute Gasteiger partial charge is 0.493 e. The van der Waals surface area contributed by atoms with Crippen LogP contribution in [0.5, 0.6) is 23.0 Å². The van der Waals surface area contributed by atoms with E-state index >= 15 is 0 Å². The molecule has 0 spiro atoms. The zero-order valence-corrected chi connectivity index (χ0v) is 22.6. The highest BCUT2D eigenvalue weighted by molar-refractivity contribution is 6.31. The molecule has 1 heterocycles. The standard InChI is InChI=1S/C27H34ClN3O7/c1-35-22-13-17(14-23(36-2)25(22)37-3)16-30-27(34)20-8-10-24(32)29-11-5-4-6-12-38-21-9-7-18(28)15-19(21)26(33)31-20/h7,9,13-15,20H,4-6,8,10-12,16H2,1-3H3,(H,29,32)(H,30,34)(H,31,33)/t20-/m0/s1. The lowest BCUT2D eigenvalue weighted by Gasteiger charge is -2.20. The zero-order chi connectivity index (χ0) is 27.5. The predicted octanol–water partition coefficient (Wildman–Crippen LogP) is 3.24. The number of carbonyl (C=O) groups excluding carboxylic acids is 3. The van der Waals surface area contributed by atoms with Gasteiger partial charge in [0.15, 0.2) is 11.5 Å². The maximum atomic E-state index is 13.2. The van der Waals surface area contributed by atoms with Crippen molar-refractivity contribution in [3.63, 3.8) is 0 Å². The van der Waals surface area contributed by atoms with E-state index in [1.807, 2.05) is 0 Å². The third-order valence-corrected chi connectivity index (χ3v) is 6.30. The first-order valence-electron chi connectivity index (χ1n) is 12.4. The fourth-order valence-corrected chi connectivity index (χ4v) is 4.21. The second kappa shape index (κ2) is 14.3. The van der Waals surface area contributed by atoms with Crippen molar-refractivity contribution in [1.82, 2.24) is 16.0 Å². The van der Waals surface area contributed by atoms with Crippen LogP contribution in [0, 0.1) is 0 Å². The van der Waals surface area contributed by atoms with Gasteiger partial charge < -0.3 is 34.9 Å². The topological polar surface area (TPSA) is 124 Å². The van der Waals surface area contributed by atoms with Crippen LogP contribution in [0.25, 0.3) is 0 Å². The first kappa shape index (κ1) is 28.9. The quantitative estimate of drug-likeness (QED) is 0.507. The van der Waals surface area contributed by atoms with Gasteiger partial charge in [0.25, 0.3) is 5.91 Å². The molecule has 0 aliphatic carbocycles. The van der Waals surface area contributed by atoms with E-state index in [0.29, 0.717) is 46.7 Å². The molecule has 0 unspecified atom stereocenters. The average molecular weight is 548 g/mol. The van der Waals surface area contributed by atoms with Gasteiger partial charge in [-0.3, -0.25) is 14.4 Å². The lowest BCUT2D eigenvalue weighted by molar-refractivity contribution is -0.124. The molecular formula is C27H34ClN3O7. The molecule has 2 aromatic carbocycles. The number of methoxy groups -OCH3 is 3. The first-order chi connectivity index (χ1) is 18.4. The number of halogens is 1. The average Bonchev–Trinajstić information content (AvgIpc) is 2.93. The molecule has 3 amide bonds. The summed E-state index contributed by atoms with van der Waals surface area (Å²) in [7, 11) is 4.52. The number of hydrogen-bond donors (Lipinski definition) is 3. The molecular weight excluding hydrogens is 514 g/mol. The van der Waals surface area contributed by atoms with Crippen LogP contribution in [0.4, 0.5) is 0 Å². The molecule has 1 aliphatic rings. The number of carbonyl (C=O) groups is 3. The van der Waals surface area contributed by atoms with E-state index in [2.05, 4.69) is 16.0 Å². The van der Waals surface area contributed by atoms with E-state index in [0.717, 1.165) is 19.3 Å². The van der Waals surface area contributed by atoms with E-state index in [9.17, 15) is 14.4 Å². The van der Waals surface area contributed by atoms with Gasteiger partial charge in [-0.1, -0.05) is 11.6 Å². The summed E-state index contributed by atoms with van der Waals surface area (Å²) in [4.78, 5) is 38.8. The highest BCUT2D eigenvalue weighted by Gasteiger charge is 2.25. The van der Waals surface area contributed by atoms with Crippen LogP contribution < -0.4 is 34.9 Å². The SMILES string of the molecule is COc1cc(CNC(=O)[C@@H]2CCC(=O)NCCCCCOc3ccc(Cl)cc3C(=O)N2)cc(OC)c1OC. The van der Waals surface area contributed by atoms with Gasteiger partial charge >= 0.3 is 0 Å². The molecule has 0 saturated carbocycles. The molecule has 3 N–H and O–H groups in total. The zero-order valence-electron chi connectivity index (χ0n) is 21.9. The maximum Gasteiger partial charge on any atom is 0.255 e. The molecule has 10 nitrogen and oxygen atoms in total. The van der Waals surface area contributed by atoms with E-state index < -0.39 is 17.9 Å². The number of benzene rings is 2. The number of nitrogens with one attached hydrogen (secondary N) is 3. The molecule has 3 rings (SSSR count). The van der Waals surface area contributed by atoms with E-state index in [1.54, 1.807) is 24.3 Å². The highest BCUT2D eigenvalue weighted by atomic mass is 35.5. The van der Waals surface area contributed by atoms with Crippen molar-refractivity contribution in [3.05, 3.63) is 46.5 Å². The fourth-order valence-electron chi connectivity index (χ4n) is 4.04. The molecule has 2 aromatic rings. The number of rotatable bonds is 6. The van der Waals surface area contributed by atoms with Crippen molar-refractivity contribution in [2.75, 3.05) is 34.5 Å². The monoisotopic (exact) mass is 547 g/mol. The van der Waals surface area contributed by atoms with Crippen LogP contribution in [0.15, 0.2) is 30.3 Å². The second-order valence-corrected chi connectivity index (χ2v) is 9.15. The van der Waals surface area contributed by atoms with Gasteiger partial charge in [0.05, 0.1) is 33.5 Å². The Balaban J connectivity index is 1.80. The summed E-state index contributed by atoms with van der Waals surface area (Å²) in [6, 6.07) is 7.25. The minimum Gasteiger partial charge on any atom is -0.493 e. The molecule has 0 saturated heterocycles.